The summed E-state index contributed by atoms with van der Waals surface area (Å²) in [6, 6.07) is 0. The number of allylic oxidation sites excluding steroid dienone is 6. The molecule has 0 N–H and O–H groups in total. The Balaban J connectivity index is 3.20. The van der Waals surface area contributed by atoms with Crippen LogP contribution in [0.3, 0.4) is 0 Å². The van der Waals surface area contributed by atoms with E-state index in [1.165, 1.54) is 44.9 Å². The molecule has 0 unspecified atom stereocenters. The maximum Gasteiger partial charge on any atom is -0.0169 e. The zero-order valence-corrected chi connectivity index (χ0v) is 12.5. The summed E-state index contributed by atoms with van der Waals surface area (Å²) in [7, 11) is 0. The standard InChI is InChI=1S/C18H32/c1-3-5-7-9-11-13-15-17-18-16-14-12-10-8-6-4-2/h5,7,11,13,17-18H,3-4,6,8-10,12,14-16H2,1-2H3/b7-5?,13-11-,18-17-. The average Bonchev–Trinajstić information content (AvgIpc) is 2.39. The van der Waals surface area contributed by atoms with Crippen LogP contribution in [-0.2, 0) is 0 Å². The molecule has 0 fully saturated rings. The van der Waals surface area contributed by atoms with Gasteiger partial charge in [0.2, 0.25) is 0 Å². The molecule has 0 heteroatoms. The molecule has 0 aliphatic rings. The van der Waals surface area contributed by atoms with Crippen molar-refractivity contribution in [2.24, 2.45) is 0 Å². The highest BCUT2D eigenvalue weighted by atomic mass is 13.9. The lowest BCUT2D eigenvalue weighted by Gasteiger charge is -1.97. The summed E-state index contributed by atoms with van der Waals surface area (Å²) in [6.45, 7) is 4.44. The van der Waals surface area contributed by atoms with Crippen molar-refractivity contribution in [3.05, 3.63) is 36.5 Å². The minimum absolute atomic E-state index is 1.08. The molecule has 0 radical (unpaired) electrons. The van der Waals surface area contributed by atoms with Crippen LogP contribution in [0.5, 0.6) is 0 Å². The van der Waals surface area contributed by atoms with Crippen LogP contribution < -0.4 is 0 Å². The fraction of sp³-hybridized carbons (Fsp3) is 0.667. The van der Waals surface area contributed by atoms with Gasteiger partial charge < -0.3 is 0 Å². The Labute approximate surface area is 115 Å². The van der Waals surface area contributed by atoms with E-state index in [0.29, 0.717) is 0 Å². The fourth-order valence-corrected chi connectivity index (χ4v) is 1.87. The molecule has 0 aliphatic carbocycles. The second-order valence-corrected chi connectivity index (χ2v) is 4.85. The van der Waals surface area contributed by atoms with Crippen molar-refractivity contribution >= 4 is 0 Å². The first kappa shape index (κ1) is 17.2. The molecular formula is C18H32. The van der Waals surface area contributed by atoms with Gasteiger partial charge in [0, 0.05) is 0 Å². The van der Waals surface area contributed by atoms with Crippen LogP contribution >= 0.6 is 0 Å². The largest absolute Gasteiger partial charge is 0.0885 e. The van der Waals surface area contributed by atoms with Crippen molar-refractivity contribution in [1.29, 1.82) is 0 Å². The lowest BCUT2D eigenvalue weighted by atomic mass is 10.1. The predicted octanol–water partition coefficient (Wildman–Crippen LogP) is 6.60. The Kier molecular flexibility index (Phi) is 15.5. The summed E-state index contributed by atoms with van der Waals surface area (Å²) in [5.41, 5.74) is 0. The van der Waals surface area contributed by atoms with Crippen molar-refractivity contribution in [2.75, 3.05) is 0 Å². The smallest absolute Gasteiger partial charge is 0.0169 e. The molecular weight excluding hydrogens is 216 g/mol. The van der Waals surface area contributed by atoms with Crippen LogP contribution in [0.25, 0.3) is 0 Å². The number of hydrogen-bond donors (Lipinski definition) is 0. The third-order valence-electron chi connectivity index (χ3n) is 3.00. The van der Waals surface area contributed by atoms with Gasteiger partial charge in [0.05, 0.1) is 0 Å². The molecule has 0 atom stereocenters. The maximum atomic E-state index is 2.34. The Morgan fingerprint density at radius 3 is 1.78 bits per heavy atom. The Morgan fingerprint density at radius 2 is 1.11 bits per heavy atom. The van der Waals surface area contributed by atoms with E-state index < -0.39 is 0 Å². The van der Waals surface area contributed by atoms with Crippen LogP contribution in [0.15, 0.2) is 36.5 Å². The highest BCUT2D eigenvalue weighted by Crippen LogP contribution is 2.07. The molecule has 0 bridgehead atoms. The van der Waals surface area contributed by atoms with Gasteiger partial charge in [-0.25, -0.2) is 0 Å². The molecule has 0 aromatic rings. The zero-order valence-electron chi connectivity index (χ0n) is 12.5. The van der Waals surface area contributed by atoms with E-state index in [2.05, 4.69) is 50.3 Å². The molecule has 0 spiro atoms. The van der Waals surface area contributed by atoms with Gasteiger partial charge in [0.25, 0.3) is 0 Å². The summed E-state index contributed by atoms with van der Waals surface area (Å²) >= 11 is 0. The van der Waals surface area contributed by atoms with E-state index in [9.17, 15) is 0 Å². The minimum Gasteiger partial charge on any atom is -0.0885 e. The molecule has 18 heavy (non-hydrogen) atoms. The highest BCUT2D eigenvalue weighted by molar-refractivity contribution is 4.96. The summed E-state index contributed by atoms with van der Waals surface area (Å²) in [4.78, 5) is 0. The molecule has 104 valence electrons. The van der Waals surface area contributed by atoms with Crippen LogP contribution in [0, 0.1) is 0 Å². The second kappa shape index (κ2) is 16.2. The number of hydrogen-bond acceptors (Lipinski definition) is 0. The topological polar surface area (TPSA) is 0 Å². The van der Waals surface area contributed by atoms with Crippen molar-refractivity contribution < 1.29 is 0 Å². The quantitative estimate of drug-likeness (QED) is 0.270. The fourth-order valence-electron chi connectivity index (χ4n) is 1.87. The predicted molar refractivity (Wildman–Crippen MR) is 84.9 cm³/mol. The van der Waals surface area contributed by atoms with E-state index >= 15 is 0 Å². The van der Waals surface area contributed by atoms with Crippen molar-refractivity contribution in [3.63, 3.8) is 0 Å². The Morgan fingerprint density at radius 1 is 0.556 bits per heavy atom. The van der Waals surface area contributed by atoms with Gasteiger partial charge in [-0.05, 0) is 32.1 Å². The highest BCUT2D eigenvalue weighted by Gasteiger charge is 1.87. The van der Waals surface area contributed by atoms with E-state index in [1.54, 1.807) is 0 Å². The molecule has 0 aromatic carbocycles. The third kappa shape index (κ3) is 15.2. The van der Waals surface area contributed by atoms with Crippen LogP contribution in [0.2, 0.25) is 0 Å². The average molecular weight is 248 g/mol. The lowest BCUT2D eigenvalue weighted by molar-refractivity contribution is 0.611. The van der Waals surface area contributed by atoms with Crippen molar-refractivity contribution in [3.8, 4) is 0 Å². The first-order chi connectivity index (χ1) is 8.91. The molecule has 0 heterocycles. The van der Waals surface area contributed by atoms with E-state index in [-0.39, 0.29) is 0 Å². The number of unbranched alkanes of at least 4 members (excludes halogenated alkanes) is 6. The van der Waals surface area contributed by atoms with Gasteiger partial charge >= 0.3 is 0 Å². The van der Waals surface area contributed by atoms with Gasteiger partial charge in [-0.3, -0.25) is 0 Å². The molecule has 0 saturated heterocycles. The lowest BCUT2D eigenvalue weighted by Crippen LogP contribution is -1.77. The summed E-state index contributed by atoms with van der Waals surface area (Å²) in [5.74, 6) is 0. The summed E-state index contributed by atoms with van der Waals surface area (Å²) in [5, 5.41) is 0. The molecule has 0 saturated carbocycles. The second-order valence-electron chi connectivity index (χ2n) is 4.85. The molecule has 0 nitrogen and oxygen atoms in total. The zero-order chi connectivity index (χ0) is 13.3. The number of rotatable bonds is 12. The van der Waals surface area contributed by atoms with Gasteiger partial charge in [-0.1, -0.05) is 82.4 Å². The van der Waals surface area contributed by atoms with Crippen LogP contribution in [0.1, 0.15) is 78.1 Å². The molecule has 0 rings (SSSR count). The maximum absolute atomic E-state index is 2.34. The molecule has 0 aromatic heterocycles. The first-order valence-electron chi connectivity index (χ1n) is 7.86. The van der Waals surface area contributed by atoms with Gasteiger partial charge in [-0.15, -0.1) is 0 Å². The van der Waals surface area contributed by atoms with E-state index in [1.807, 2.05) is 0 Å². The Bertz CT molecular complexity index is 220. The SMILES string of the molecule is CCC=CC/C=C\C/C=C\CCCCCCCC. The minimum atomic E-state index is 1.08. The van der Waals surface area contributed by atoms with Gasteiger partial charge in [0.15, 0.2) is 0 Å². The molecule has 0 amide bonds. The van der Waals surface area contributed by atoms with Gasteiger partial charge in [0.1, 0.15) is 0 Å². The third-order valence-corrected chi connectivity index (χ3v) is 3.00. The Hall–Kier alpha value is -0.780. The van der Waals surface area contributed by atoms with Crippen LogP contribution in [0.4, 0.5) is 0 Å². The first-order valence-corrected chi connectivity index (χ1v) is 7.86. The van der Waals surface area contributed by atoms with Crippen molar-refractivity contribution in [1.82, 2.24) is 0 Å². The summed E-state index contributed by atoms with van der Waals surface area (Å²) in [6.07, 6.45) is 26.6. The molecule has 0 aliphatic heterocycles. The van der Waals surface area contributed by atoms with E-state index in [4.69, 9.17) is 0 Å². The monoisotopic (exact) mass is 248 g/mol. The normalized spacial score (nSPS) is 12.3. The van der Waals surface area contributed by atoms with Gasteiger partial charge in [-0.2, -0.15) is 0 Å². The summed E-state index contributed by atoms with van der Waals surface area (Å²) < 4.78 is 0. The van der Waals surface area contributed by atoms with Crippen LogP contribution in [-0.4, -0.2) is 0 Å². The van der Waals surface area contributed by atoms with E-state index in [0.717, 1.165) is 19.3 Å². The van der Waals surface area contributed by atoms with Crippen molar-refractivity contribution in [2.45, 2.75) is 78.1 Å².